The molecule has 1 aromatic heterocycles. The molecule has 5 heteroatoms. The van der Waals surface area contributed by atoms with Crippen LogP contribution in [-0.4, -0.2) is 24.9 Å². The Balaban J connectivity index is 2.48. The first kappa shape index (κ1) is 10.0. The van der Waals surface area contributed by atoms with Crippen molar-refractivity contribution in [2.24, 2.45) is 0 Å². The number of sulfone groups is 1. The minimum atomic E-state index is -3.05. The summed E-state index contributed by atoms with van der Waals surface area (Å²) in [6, 6.07) is 9.23. The van der Waals surface area contributed by atoms with Crippen molar-refractivity contribution < 1.29 is 8.42 Å². The first-order valence-corrected chi connectivity index (χ1v) is 6.50. The van der Waals surface area contributed by atoms with E-state index in [2.05, 4.69) is 10.2 Å². The summed E-state index contributed by atoms with van der Waals surface area (Å²) < 4.78 is 22.1. The van der Waals surface area contributed by atoms with Gasteiger partial charge in [-0.2, -0.15) is 10.2 Å². The highest BCUT2D eigenvalue weighted by molar-refractivity contribution is 7.89. The number of fused-ring (bicyclic) bond motifs is 1. The molecule has 0 aliphatic heterocycles. The molecule has 2 aromatic rings. The molecule has 15 heavy (non-hydrogen) atoms. The second-order valence-corrected chi connectivity index (χ2v) is 5.60. The van der Waals surface area contributed by atoms with Crippen molar-refractivity contribution in [3.8, 4) is 0 Å². The Kier molecular flexibility index (Phi) is 2.40. The molecule has 0 spiro atoms. The van der Waals surface area contributed by atoms with Crippen LogP contribution in [0.1, 0.15) is 5.69 Å². The van der Waals surface area contributed by atoms with Crippen LogP contribution in [0.3, 0.4) is 0 Å². The van der Waals surface area contributed by atoms with Crippen LogP contribution in [-0.2, 0) is 15.6 Å². The van der Waals surface area contributed by atoms with Gasteiger partial charge in [-0.1, -0.05) is 18.2 Å². The third-order valence-corrected chi connectivity index (χ3v) is 2.78. The van der Waals surface area contributed by atoms with E-state index in [0.29, 0.717) is 5.69 Å². The van der Waals surface area contributed by atoms with Crippen molar-refractivity contribution in [3.63, 3.8) is 0 Å². The van der Waals surface area contributed by atoms with Gasteiger partial charge in [0.05, 0.1) is 17.0 Å². The highest BCUT2D eigenvalue weighted by Gasteiger charge is 2.06. The van der Waals surface area contributed by atoms with E-state index >= 15 is 0 Å². The van der Waals surface area contributed by atoms with Gasteiger partial charge in [0.2, 0.25) is 0 Å². The van der Waals surface area contributed by atoms with Crippen LogP contribution < -0.4 is 0 Å². The number of hydrogen-bond acceptors (Lipinski definition) is 4. The van der Waals surface area contributed by atoms with Gasteiger partial charge in [-0.05, 0) is 12.1 Å². The summed E-state index contributed by atoms with van der Waals surface area (Å²) >= 11 is 0. The van der Waals surface area contributed by atoms with Gasteiger partial charge < -0.3 is 0 Å². The largest absolute Gasteiger partial charge is 0.229 e. The molecule has 0 saturated heterocycles. The Bertz CT molecular complexity index is 593. The van der Waals surface area contributed by atoms with Gasteiger partial charge in [0.15, 0.2) is 9.84 Å². The Hall–Kier alpha value is -1.49. The molecule has 0 N–H and O–H groups in total. The smallest absolute Gasteiger partial charge is 0.153 e. The average molecular weight is 222 g/mol. The predicted octanol–water partition coefficient (Wildman–Crippen LogP) is 1.17. The van der Waals surface area contributed by atoms with Crippen LogP contribution in [0.25, 0.3) is 10.9 Å². The van der Waals surface area contributed by atoms with Gasteiger partial charge in [-0.3, -0.25) is 0 Å². The molecule has 0 bridgehead atoms. The molecule has 0 aliphatic carbocycles. The summed E-state index contributed by atoms with van der Waals surface area (Å²) in [4.78, 5) is 0. The molecule has 2 rings (SSSR count). The zero-order valence-corrected chi connectivity index (χ0v) is 9.03. The van der Waals surface area contributed by atoms with Crippen molar-refractivity contribution in [1.82, 2.24) is 10.2 Å². The summed E-state index contributed by atoms with van der Waals surface area (Å²) in [5.41, 5.74) is 1.26. The summed E-state index contributed by atoms with van der Waals surface area (Å²) in [7, 11) is -3.05. The molecule has 4 nitrogen and oxygen atoms in total. The lowest BCUT2D eigenvalue weighted by Gasteiger charge is -1.99. The summed E-state index contributed by atoms with van der Waals surface area (Å²) in [6.07, 6.45) is 1.18. The number of hydrogen-bond donors (Lipinski definition) is 0. The predicted molar refractivity (Wildman–Crippen MR) is 58.1 cm³/mol. The van der Waals surface area contributed by atoms with E-state index < -0.39 is 9.84 Å². The normalized spacial score (nSPS) is 11.8. The number of aromatic nitrogens is 2. The van der Waals surface area contributed by atoms with E-state index in [1.807, 2.05) is 24.3 Å². The van der Waals surface area contributed by atoms with Gasteiger partial charge in [0, 0.05) is 11.6 Å². The molecule has 0 radical (unpaired) electrons. The van der Waals surface area contributed by atoms with E-state index in [1.165, 1.54) is 6.26 Å². The fraction of sp³-hybridized carbons (Fsp3) is 0.200. The molecule has 0 amide bonds. The van der Waals surface area contributed by atoms with E-state index in [0.717, 1.165) is 10.9 Å². The van der Waals surface area contributed by atoms with Gasteiger partial charge in [0.25, 0.3) is 0 Å². The van der Waals surface area contributed by atoms with E-state index in [4.69, 9.17) is 0 Å². The number of benzene rings is 1. The first-order chi connectivity index (χ1) is 7.04. The minimum absolute atomic E-state index is 0.0646. The summed E-state index contributed by atoms with van der Waals surface area (Å²) in [6.45, 7) is 0. The molecule has 78 valence electrons. The average Bonchev–Trinajstić information content (AvgIpc) is 2.15. The Morgan fingerprint density at radius 2 is 1.93 bits per heavy atom. The third kappa shape index (κ3) is 2.50. The molecule has 0 fully saturated rings. The maximum atomic E-state index is 11.1. The second-order valence-electron chi connectivity index (χ2n) is 3.46. The quantitative estimate of drug-likeness (QED) is 0.765. The molecular formula is C10H10N2O2S. The number of nitrogens with zero attached hydrogens (tertiary/aromatic N) is 2. The number of rotatable bonds is 2. The van der Waals surface area contributed by atoms with Crippen molar-refractivity contribution in [2.45, 2.75) is 5.75 Å². The lowest BCUT2D eigenvalue weighted by Crippen LogP contribution is -2.03. The lowest BCUT2D eigenvalue weighted by atomic mass is 10.2. The zero-order valence-electron chi connectivity index (χ0n) is 8.21. The van der Waals surface area contributed by atoms with E-state index in [1.54, 1.807) is 6.07 Å². The molecule has 0 atom stereocenters. The van der Waals surface area contributed by atoms with E-state index in [9.17, 15) is 8.42 Å². The fourth-order valence-electron chi connectivity index (χ4n) is 1.37. The third-order valence-electron chi connectivity index (χ3n) is 1.96. The van der Waals surface area contributed by atoms with Gasteiger partial charge in [-0.15, -0.1) is 0 Å². The standard InChI is InChI=1S/C10H10N2O2S/c1-15(13,14)7-9-6-8-4-2-3-5-10(8)12-11-9/h2-6H,7H2,1H3. The van der Waals surface area contributed by atoms with Crippen LogP contribution in [0.5, 0.6) is 0 Å². The minimum Gasteiger partial charge on any atom is -0.229 e. The van der Waals surface area contributed by atoms with Crippen molar-refractivity contribution in [1.29, 1.82) is 0 Å². The van der Waals surface area contributed by atoms with Crippen LogP contribution in [0, 0.1) is 0 Å². The summed E-state index contributed by atoms with van der Waals surface area (Å²) in [5.74, 6) is -0.0646. The molecule has 1 aromatic carbocycles. The van der Waals surface area contributed by atoms with Crippen LogP contribution in [0.2, 0.25) is 0 Å². The maximum Gasteiger partial charge on any atom is 0.153 e. The Labute approximate surface area is 87.9 Å². The van der Waals surface area contributed by atoms with Gasteiger partial charge in [-0.25, -0.2) is 8.42 Å². The molecule has 0 aliphatic rings. The molecular weight excluding hydrogens is 212 g/mol. The Morgan fingerprint density at radius 1 is 1.20 bits per heavy atom. The zero-order chi connectivity index (χ0) is 10.9. The maximum absolute atomic E-state index is 11.1. The lowest BCUT2D eigenvalue weighted by molar-refractivity contribution is 0.600. The van der Waals surface area contributed by atoms with Crippen molar-refractivity contribution in [3.05, 3.63) is 36.0 Å². The van der Waals surface area contributed by atoms with Crippen LogP contribution in [0.4, 0.5) is 0 Å². The SMILES string of the molecule is CS(=O)(=O)Cc1cc2ccccc2nn1. The monoisotopic (exact) mass is 222 g/mol. The topological polar surface area (TPSA) is 59.9 Å². The van der Waals surface area contributed by atoms with Crippen molar-refractivity contribution >= 4 is 20.7 Å². The summed E-state index contributed by atoms with van der Waals surface area (Å²) in [5, 5.41) is 8.72. The van der Waals surface area contributed by atoms with Gasteiger partial charge in [0.1, 0.15) is 0 Å². The van der Waals surface area contributed by atoms with Gasteiger partial charge >= 0.3 is 0 Å². The second kappa shape index (κ2) is 3.58. The van der Waals surface area contributed by atoms with E-state index in [-0.39, 0.29) is 5.75 Å². The fourth-order valence-corrected chi connectivity index (χ4v) is 2.04. The molecule has 0 unspecified atom stereocenters. The molecule has 1 heterocycles. The first-order valence-electron chi connectivity index (χ1n) is 4.44. The van der Waals surface area contributed by atoms with Crippen molar-refractivity contribution in [2.75, 3.05) is 6.26 Å². The Morgan fingerprint density at radius 3 is 2.67 bits per heavy atom. The highest BCUT2D eigenvalue weighted by atomic mass is 32.2. The van der Waals surface area contributed by atoms with Crippen LogP contribution >= 0.6 is 0 Å². The highest BCUT2D eigenvalue weighted by Crippen LogP contribution is 2.11. The molecule has 0 saturated carbocycles. The van der Waals surface area contributed by atoms with Crippen LogP contribution in [0.15, 0.2) is 30.3 Å².